The standard InChI is InChI=1S/C12H18N2O3/c1-10(15)17-11-8-12(16)14(9-11)7-5-4-6-13(2)3/h11H,6-9H2,1-3H3. The van der Waals surface area contributed by atoms with Crippen molar-refractivity contribution >= 4 is 11.9 Å². The van der Waals surface area contributed by atoms with Gasteiger partial charge in [-0.2, -0.15) is 0 Å². The van der Waals surface area contributed by atoms with Gasteiger partial charge in [-0.1, -0.05) is 11.8 Å². The first kappa shape index (κ1) is 13.5. The fourth-order valence-electron chi connectivity index (χ4n) is 1.57. The van der Waals surface area contributed by atoms with Crippen molar-refractivity contribution in [2.75, 3.05) is 33.7 Å². The Balaban J connectivity index is 2.37. The van der Waals surface area contributed by atoms with Gasteiger partial charge in [0.25, 0.3) is 0 Å². The van der Waals surface area contributed by atoms with E-state index in [1.54, 1.807) is 4.90 Å². The highest BCUT2D eigenvalue weighted by atomic mass is 16.5. The second-order valence-corrected chi connectivity index (χ2v) is 4.30. The first-order chi connectivity index (χ1) is 7.99. The summed E-state index contributed by atoms with van der Waals surface area (Å²) in [6, 6.07) is 0. The first-order valence-corrected chi connectivity index (χ1v) is 5.54. The second kappa shape index (κ2) is 6.26. The molecule has 0 aromatic carbocycles. The zero-order valence-corrected chi connectivity index (χ0v) is 10.5. The maximum absolute atomic E-state index is 11.6. The highest BCUT2D eigenvalue weighted by molar-refractivity contribution is 5.80. The van der Waals surface area contributed by atoms with Gasteiger partial charge in [0.2, 0.25) is 5.91 Å². The fourth-order valence-corrected chi connectivity index (χ4v) is 1.57. The van der Waals surface area contributed by atoms with E-state index in [0.717, 1.165) is 0 Å². The minimum atomic E-state index is -0.344. The number of hydrogen-bond donors (Lipinski definition) is 0. The van der Waals surface area contributed by atoms with E-state index in [-0.39, 0.29) is 24.4 Å². The van der Waals surface area contributed by atoms with Crippen LogP contribution in [0.15, 0.2) is 0 Å². The lowest BCUT2D eigenvalue weighted by molar-refractivity contribution is -0.145. The van der Waals surface area contributed by atoms with Crippen LogP contribution in [0.2, 0.25) is 0 Å². The van der Waals surface area contributed by atoms with Gasteiger partial charge in [-0.3, -0.25) is 14.5 Å². The van der Waals surface area contributed by atoms with Crippen molar-refractivity contribution in [2.24, 2.45) is 0 Å². The Hall–Kier alpha value is -1.54. The topological polar surface area (TPSA) is 49.9 Å². The number of rotatable bonds is 3. The summed E-state index contributed by atoms with van der Waals surface area (Å²) >= 11 is 0. The molecule has 1 fully saturated rings. The van der Waals surface area contributed by atoms with Gasteiger partial charge >= 0.3 is 5.97 Å². The summed E-state index contributed by atoms with van der Waals surface area (Å²) in [6.07, 6.45) is -0.0368. The Kier molecular flexibility index (Phi) is 4.98. The fraction of sp³-hybridized carbons (Fsp3) is 0.667. The van der Waals surface area contributed by atoms with Crippen LogP contribution in [0.3, 0.4) is 0 Å². The van der Waals surface area contributed by atoms with Crippen LogP contribution >= 0.6 is 0 Å². The van der Waals surface area contributed by atoms with Crippen LogP contribution in [0, 0.1) is 11.8 Å². The summed E-state index contributed by atoms with van der Waals surface area (Å²) in [7, 11) is 3.87. The molecule has 1 amide bonds. The first-order valence-electron chi connectivity index (χ1n) is 5.54. The number of nitrogens with zero attached hydrogens (tertiary/aromatic N) is 2. The Morgan fingerprint density at radius 3 is 2.82 bits per heavy atom. The Morgan fingerprint density at radius 2 is 2.24 bits per heavy atom. The van der Waals surface area contributed by atoms with E-state index in [4.69, 9.17) is 4.74 Å². The van der Waals surface area contributed by atoms with E-state index in [1.807, 2.05) is 19.0 Å². The maximum Gasteiger partial charge on any atom is 0.302 e. The Morgan fingerprint density at radius 1 is 1.53 bits per heavy atom. The minimum absolute atomic E-state index is 0.00426. The van der Waals surface area contributed by atoms with Crippen molar-refractivity contribution in [3.63, 3.8) is 0 Å². The van der Waals surface area contributed by atoms with Gasteiger partial charge in [-0.25, -0.2) is 0 Å². The number of esters is 1. The summed E-state index contributed by atoms with van der Waals surface area (Å²) in [5.74, 6) is 5.55. The largest absolute Gasteiger partial charge is 0.460 e. The molecule has 1 saturated heterocycles. The molecule has 5 nitrogen and oxygen atoms in total. The van der Waals surface area contributed by atoms with E-state index in [1.165, 1.54) is 6.92 Å². The third-order valence-electron chi connectivity index (χ3n) is 2.30. The van der Waals surface area contributed by atoms with Gasteiger partial charge in [-0.15, -0.1) is 0 Å². The summed E-state index contributed by atoms with van der Waals surface area (Å²) in [5.41, 5.74) is 0. The monoisotopic (exact) mass is 238 g/mol. The van der Waals surface area contributed by atoms with Gasteiger partial charge in [0.1, 0.15) is 6.10 Å². The van der Waals surface area contributed by atoms with Crippen molar-refractivity contribution in [1.29, 1.82) is 0 Å². The summed E-state index contributed by atoms with van der Waals surface area (Å²) in [5, 5.41) is 0. The molecule has 5 heteroatoms. The van der Waals surface area contributed by atoms with Crippen LogP contribution in [-0.4, -0.2) is 61.5 Å². The summed E-state index contributed by atoms with van der Waals surface area (Å²) < 4.78 is 5.00. The lowest BCUT2D eigenvalue weighted by Crippen LogP contribution is -2.27. The van der Waals surface area contributed by atoms with Gasteiger partial charge in [-0.05, 0) is 14.1 Å². The van der Waals surface area contributed by atoms with Gasteiger partial charge in [0.05, 0.1) is 26.1 Å². The summed E-state index contributed by atoms with van der Waals surface area (Å²) in [6.45, 7) is 2.89. The predicted molar refractivity (Wildman–Crippen MR) is 63.1 cm³/mol. The lowest BCUT2D eigenvalue weighted by Gasteiger charge is -2.12. The summed E-state index contributed by atoms with van der Waals surface area (Å²) in [4.78, 5) is 25.9. The van der Waals surface area contributed by atoms with E-state index >= 15 is 0 Å². The molecule has 1 aliphatic rings. The second-order valence-electron chi connectivity index (χ2n) is 4.30. The average molecular weight is 238 g/mol. The average Bonchev–Trinajstić information content (AvgIpc) is 2.52. The highest BCUT2D eigenvalue weighted by Gasteiger charge is 2.30. The molecule has 94 valence electrons. The van der Waals surface area contributed by atoms with E-state index < -0.39 is 0 Å². The molecule has 1 unspecified atom stereocenters. The molecule has 0 spiro atoms. The molecular formula is C12H18N2O3. The molecular weight excluding hydrogens is 220 g/mol. The smallest absolute Gasteiger partial charge is 0.302 e. The number of hydrogen-bond acceptors (Lipinski definition) is 4. The molecule has 1 rings (SSSR count). The van der Waals surface area contributed by atoms with Crippen LogP contribution in [0.5, 0.6) is 0 Å². The van der Waals surface area contributed by atoms with Crippen LogP contribution in [0.1, 0.15) is 13.3 Å². The highest BCUT2D eigenvalue weighted by Crippen LogP contribution is 2.13. The maximum atomic E-state index is 11.6. The van der Waals surface area contributed by atoms with Crippen molar-refractivity contribution in [3.05, 3.63) is 0 Å². The van der Waals surface area contributed by atoms with Gasteiger partial charge < -0.3 is 9.64 Å². The number of amides is 1. The number of ether oxygens (including phenoxy) is 1. The van der Waals surface area contributed by atoms with Crippen molar-refractivity contribution in [2.45, 2.75) is 19.4 Å². The molecule has 0 aromatic rings. The predicted octanol–water partition coefficient (Wildman–Crippen LogP) is -0.285. The van der Waals surface area contributed by atoms with Crippen molar-refractivity contribution in [3.8, 4) is 11.8 Å². The van der Waals surface area contributed by atoms with E-state index in [0.29, 0.717) is 19.6 Å². The molecule has 1 heterocycles. The molecule has 0 radical (unpaired) electrons. The molecule has 0 N–H and O–H groups in total. The van der Waals surface area contributed by atoms with Crippen LogP contribution in [0.4, 0.5) is 0 Å². The zero-order valence-electron chi connectivity index (χ0n) is 10.5. The van der Waals surface area contributed by atoms with Crippen LogP contribution in [-0.2, 0) is 14.3 Å². The molecule has 17 heavy (non-hydrogen) atoms. The third-order valence-corrected chi connectivity index (χ3v) is 2.30. The quantitative estimate of drug-likeness (QED) is 0.501. The van der Waals surface area contributed by atoms with Gasteiger partial charge in [0.15, 0.2) is 0 Å². The number of likely N-dealkylation sites (tertiary alicyclic amines) is 1. The molecule has 0 saturated carbocycles. The SMILES string of the molecule is CC(=O)OC1CC(=O)N(CC#CCN(C)C)C1. The molecule has 0 bridgehead atoms. The molecule has 0 aromatic heterocycles. The van der Waals surface area contributed by atoms with Crippen molar-refractivity contribution < 1.29 is 14.3 Å². The number of carbonyl (C=O) groups is 2. The lowest BCUT2D eigenvalue weighted by atomic mass is 10.3. The molecule has 0 aliphatic carbocycles. The van der Waals surface area contributed by atoms with Crippen LogP contribution < -0.4 is 0 Å². The van der Waals surface area contributed by atoms with Crippen LogP contribution in [0.25, 0.3) is 0 Å². The van der Waals surface area contributed by atoms with E-state index in [9.17, 15) is 9.59 Å². The molecule has 1 aliphatic heterocycles. The Labute approximate surface area is 102 Å². The van der Waals surface area contributed by atoms with E-state index in [2.05, 4.69) is 11.8 Å². The van der Waals surface area contributed by atoms with Gasteiger partial charge in [0, 0.05) is 6.92 Å². The normalized spacial score (nSPS) is 19.2. The third kappa shape index (κ3) is 4.87. The minimum Gasteiger partial charge on any atom is -0.460 e. The van der Waals surface area contributed by atoms with Crippen molar-refractivity contribution in [1.82, 2.24) is 9.80 Å². The molecule has 1 atom stereocenters. The number of carbonyl (C=O) groups excluding carboxylic acids is 2. The zero-order chi connectivity index (χ0) is 12.8. The Bertz CT molecular complexity index is 354.